The van der Waals surface area contributed by atoms with Gasteiger partial charge in [-0.05, 0) is 38.5 Å². The van der Waals surface area contributed by atoms with Gasteiger partial charge in [-0.25, -0.2) is 0 Å². The molecule has 1 saturated heterocycles. The van der Waals surface area contributed by atoms with Crippen LogP contribution in [-0.2, 0) is 0 Å². The first-order valence-corrected chi connectivity index (χ1v) is 6.17. The summed E-state index contributed by atoms with van der Waals surface area (Å²) in [7, 11) is 0. The number of halogens is 2. The Balaban J connectivity index is 2.38. The number of nitrogens with zero attached hydrogens (tertiary/aromatic N) is 1. The SMILES string of the molecule is CC1(C)C(N)CCN1c1ccc(Cl)cc1Cl. The Hall–Kier alpha value is -0.440. The lowest BCUT2D eigenvalue weighted by molar-refractivity contribution is 0.453. The highest BCUT2D eigenvalue weighted by molar-refractivity contribution is 6.36. The highest BCUT2D eigenvalue weighted by Gasteiger charge is 2.39. The summed E-state index contributed by atoms with van der Waals surface area (Å²) < 4.78 is 0. The van der Waals surface area contributed by atoms with E-state index in [0.717, 1.165) is 18.7 Å². The second-order valence-corrected chi connectivity index (χ2v) is 5.64. The number of nitrogens with two attached hydrogens (primary N) is 1. The number of benzene rings is 1. The molecule has 88 valence electrons. The maximum atomic E-state index is 6.22. The zero-order chi connectivity index (χ0) is 11.9. The molecule has 1 aromatic carbocycles. The van der Waals surface area contributed by atoms with Gasteiger partial charge < -0.3 is 10.6 Å². The molecule has 0 radical (unpaired) electrons. The van der Waals surface area contributed by atoms with Crippen LogP contribution in [0.15, 0.2) is 18.2 Å². The molecule has 0 bridgehead atoms. The van der Waals surface area contributed by atoms with Crippen LogP contribution < -0.4 is 10.6 Å². The third-order valence-corrected chi connectivity index (χ3v) is 4.01. The van der Waals surface area contributed by atoms with Crippen molar-refractivity contribution in [1.29, 1.82) is 0 Å². The fourth-order valence-electron chi connectivity index (χ4n) is 2.24. The van der Waals surface area contributed by atoms with Gasteiger partial charge in [-0.2, -0.15) is 0 Å². The lowest BCUT2D eigenvalue weighted by Gasteiger charge is -2.36. The van der Waals surface area contributed by atoms with Crippen LogP contribution in [0.1, 0.15) is 20.3 Å². The van der Waals surface area contributed by atoms with Crippen molar-refractivity contribution in [3.63, 3.8) is 0 Å². The third-order valence-electron chi connectivity index (χ3n) is 3.47. The largest absolute Gasteiger partial charge is 0.364 e. The predicted octanol–water partition coefficient (Wildman–Crippen LogP) is 3.31. The van der Waals surface area contributed by atoms with Gasteiger partial charge in [0.05, 0.1) is 10.7 Å². The van der Waals surface area contributed by atoms with Crippen molar-refractivity contribution in [2.24, 2.45) is 5.73 Å². The molecule has 1 atom stereocenters. The average molecular weight is 259 g/mol. The second-order valence-electron chi connectivity index (χ2n) is 4.80. The summed E-state index contributed by atoms with van der Waals surface area (Å²) in [5.41, 5.74) is 7.07. The van der Waals surface area contributed by atoms with E-state index in [2.05, 4.69) is 18.7 Å². The minimum atomic E-state index is -0.0581. The highest BCUT2D eigenvalue weighted by atomic mass is 35.5. The van der Waals surface area contributed by atoms with E-state index in [1.54, 1.807) is 6.07 Å². The van der Waals surface area contributed by atoms with Gasteiger partial charge in [0.15, 0.2) is 0 Å². The van der Waals surface area contributed by atoms with Crippen molar-refractivity contribution in [2.45, 2.75) is 31.8 Å². The molecule has 0 aromatic heterocycles. The first kappa shape index (κ1) is 12.0. The molecule has 1 heterocycles. The molecule has 0 spiro atoms. The minimum Gasteiger partial charge on any atom is -0.364 e. The maximum absolute atomic E-state index is 6.22. The standard InChI is InChI=1S/C12H16Cl2N2/c1-12(2)11(15)5-6-16(12)10-4-3-8(13)7-9(10)14/h3-4,7,11H,5-6,15H2,1-2H3. The molecular weight excluding hydrogens is 243 g/mol. The summed E-state index contributed by atoms with van der Waals surface area (Å²) in [5, 5.41) is 1.35. The number of rotatable bonds is 1. The van der Waals surface area contributed by atoms with Gasteiger partial charge >= 0.3 is 0 Å². The van der Waals surface area contributed by atoms with Crippen LogP contribution in [0.2, 0.25) is 10.0 Å². The summed E-state index contributed by atoms with van der Waals surface area (Å²) >= 11 is 12.1. The van der Waals surface area contributed by atoms with Crippen molar-refractivity contribution in [1.82, 2.24) is 0 Å². The van der Waals surface area contributed by atoms with Crippen LogP contribution in [-0.4, -0.2) is 18.1 Å². The Morgan fingerprint density at radius 3 is 2.56 bits per heavy atom. The van der Waals surface area contributed by atoms with Crippen molar-refractivity contribution in [3.8, 4) is 0 Å². The van der Waals surface area contributed by atoms with Crippen molar-refractivity contribution < 1.29 is 0 Å². The lowest BCUT2D eigenvalue weighted by Crippen LogP contribution is -2.49. The van der Waals surface area contributed by atoms with E-state index in [1.807, 2.05) is 12.1 Å². The first-order chi connectivity index (χ1) is 7.43. The van der Waals surface area contributed by atoms with E-state index >= 15 is 0 Å². The topological polar surface area (TPSA) is 29.3 Å². The predicted molar refractivity (Wildman–Crippen MR) is 70.5 cm³/mol. The monoisotopic (exact) mass is 258 g/mol. The van der Waals surface area contributed by atoms with Gasteiger partial charge in [-0.3, -0.25) is 0 Å². The average Bonchev–Trinajstić information content (AvgIpc) is 2.44. The summed E-state index contributed by atoms with van der Waals surface area (Å²) in [6.45, 7) is 5.24. The Labute approximate surface area is 106 Å². The third kappa shape index (κ3) is 1.90. The summed E-state index contributed by atoms with van der Waals surface area (Å²) in [6, 6.07) is 5.78. The molecule has 1 fully saturated rings. The Morgan fingerprint density at radius 2 is 2.06 bits per heavy atom. The van der Waals surface area contributed by atoms with Crippen LogP contribution in [0.3, 0.4) is 0 Å². The quantitative estimate of drug-likeness (QED) is 0.838. The van der Waals surface area contributed by atoms with Gasteiger partial charge in [0.2, 0.25) is 0 Å². The molecule has 16 heavy (non-hydrogen) atoms. The van der Waals surface area contributed by atoms with E-state index in [9.17, 15) is 0 Å². The summed E-state index contributed by atoms with van der Waals surface area (Å²) in [5.74, 6) is 0. The van der Waals surface area contributed by atoms with Crippen molar-refractivity contribution >= 4 is 28.9 Å². The van der Waals surface area contributed by atoms with E-state index in [4.69, 9.17) is 28.9 Å². The normalized spacial score (nSPS) is 23.8. The Morgan fingerprint density at radius 1 is 1.38 bits per heavy atom. The van der Waals surface area contributed by atoms with E-state index < -0.39 is 0 Å². The number of anilines is 1. The molecule has 4 heteroatoms. The van der Waals surface area contributed by atoms with Crippen LogP contribution in [0, 0.1) is 0 Å². The van der Waals surface area contributed by atoms with Crippen LogP contribution in [0.4, 0.5) is 5.69 Å². The van der Waals surface area contributed by atoms with Crippen LogP contribution in [0.5, 0.6) is 0 Å². The van der Waals surface area contributed by atoms with Crippen LogP contribution in [0.25, 0.3) is 0 Å². The molecule has 0 aliphatic carbocycles. The van der Waals surface area contributed by atoms with Gasteiger partial charge in [0.25, 0.3) is 0 Å². The maximum Gasteiger partial charge on any atom is 0.0654 e. The van der Waals surface area contributed by atoms with Gasteiger partial charge in [0.1, 0.15) is 0 Å². The Bertz CT molecular complexity index is 404. The number of hydrogen-bond donors (Lipinski definition) is 1. The molecule has 2 N–H and O–H groups in total. The smallest absolute Gasteiger partial charge is 0.0654 e. The van der Waals surface area contributed by atoms with E-state index in [0.29, 0.717) is 10.0 Å². The lowest BCUT2D eigenvalue weighted by atomic mass is 9.96. The molecule has 1 aromatic rings. The fraction of sp³-hybridized carbons (Fsp3) is 0.500. The van der Waals surface area contributed by atoms with E-state index in [1.165, 1.54) is 0 Å². The molecule has 1 unspecified atom stereocenters. The Kier molecular flexibility index (Phi) is 3.08. The molecular formula is C12H16Cl2N2. The minimum absolute atomic E-state index is 0.0581. The van der Waals surface area contributed by atoms with Crippen LogP contribution >= 0.6 is 23.2 Å². The molecule has 0 amide bonds. The van der Waals surface area contributed by atoms with Gasteiger partial charge in [-0.15, -0.1) is 0 Å². The zero-order valence-electron chi connectivity index (χ0n) is 9.50. The fourth-order valence-corrected chi connectivity index (χ4v) is 2.75. The summed E-state index contributed by atoms with van der Waals surface area (Å²) in [4.78, 5) is 2.26. The summed E-state index contributed by atoms with van der Waals surface area (Å²) in [6.07, 6.45) is 0.992. The zero-order valence-corrected chi connectivity index (χ0v) is 11.0. The van der Waals surface area contributed by atoms with Gasteiger partial charge in [-0.1, -0.05) is 23.2 Å². The first-order valence-electron chi connectivity index (χ1n) is 5.41. The second kappa shape index (κ2) is 4.10. The molecule has 1 aliphatic rings. The molecule has 1 aliphatic heterocycles. The van der Waals surface area contributed by atoms with E-state index in [-0.39, 0.29) is 11.6 Å². The molecule has 0 saturated carbocycles. The van der Waals surface area contributed by atoms with Crippen molar-refractivity contribution in [2.75, 3.05) is 11.4 Å². The number of hydrogen-bond acceptors (Lipinski definition) is 2. The molecule has 2 rings (SSSR count). The van der Waals surface area contributed by atoms with Crippen molar-refractivity contribution in [3.05, 3.63) is 28.2 Å². The molecule has 2 nitrogen and oxygen atoms in total. The van der Waals surface area contributed by atoms with Gasteiger partial charge in [0, 0.05) is 23.1 Å². The highest BCUT2D eigenvalue weighted by Crippen LogP contribution is 2.37.